The van der Waals surface area contributed by atoms with E-state index in [1.165, 1.54) is 0 Å². The van der Waals surface area contributed by atoms with Crippen molar-refractivity contribution < 1.29 is 19.4 Å². The van der Waals surface area contributed by atoms with Crippen LogP contribution in [0.25, 0.3) is 0 Å². The second-order valence-electron chi connectivity index (χ2n) is 11.7. The minimum absolute atomic E-state index is 0.186. The third kappa shape index (κ3) is 8.59. The van der Waals surface area contributed by atoms with Crippen LogP contribution >= 0.6 is 15.9 Å². The first-order valence-electron chi connectivity index (χ1n) is 13.0. The van der Waals surface area contributed by atoms with Crippen molar-refractivity contribution in [1.29, 1.82) is 0 Å². The summed E-state index contributed by atoms with van der Waals surface area (Å²) in [5, 5.41) is 15.1. The zero-order valence-corrected chi connectivity index (χ0v) is 25.5. The van der Waals surface area contributed by atoms with Crippen LogP contribution in [0, 0.1) is 0 Å². The lowest BCUT2D eigenvalue weighted by atomic mass is 9.78. The zero-order chi connectivity index (χ0) is 28.8. The van der Waals surface area contributed by atoms with Crippen molar-refractivity contribution in [1.82, 2.24) is 5.43 Å². The molecule has 208 valence electrons. The van der Waals surface area contributed by atoms with Crippen LogP contribution in [0.3, 0.4) is 0 Å². The van der Waals surface area contributed by atoms with Gasteiger partial charge in [0.2, 0.25) is 5.91 Å². The van der Waals surface area contributed by atoms with Gasteiger partial charge in [0, 0.05) is 10.9 Å². The minimum atomic E-state index is -0.216. The van der Waals surface area contributed by atoms with E-state index in [4.69, 9.17) is 9.47 Å². The van der Waals surface area contributed by atoms with Crippen molar-refractivity contribution in [3.05, 3.63) is 86.9 Å². The molecule has 0 atom stereocenters. The van der Waals surface area contributed by atoms with E-state index in [2.05, 4.69) is 68.0 Å². The molecule has 39 heavy (non-hydrogen) atoms. The molecule has 0 radical (unpaired) electrons. The molecule has 0 aromatic heterocycles. The topological polar surface area (TPSA) is 80.2 Å². The Morgan fingerprint density at radius 1 is 0.923 bits per heavy atom. The number of nitrogens with zero attached hydrogens (tertiary/aromatic N) is 1. The van der Waals surface area contributed by atoms with Crippen LogP contribution in [0.15, 0.2) is 64.2 Å². The second kappa shape index (κ2) is 12.7. The lowest BCUT2D eigenvalue weighted by Gasteiger charge is -2.28. The summed E-state index contributed by atoms with van der Waals surface area (Å²) in [6, 6.07) is 17.4. The van der Waals surface area contributed by atoms with Gasteiger partial charge in [0.25, 0.3) is 0 Å². The van der Waals surface area contributed by atoms with Crippen LogP contribution in [0.2, 0.25) is 0 Å². The number of carbonyl (C=O) groups excluding carboxylic acids is 1. The number of amides is 1. The van der Waals surface area contributed by atoms with Gasteiger partial charge in [-0.1, -0.05) is 81.7 Å². The lowest BCUT2D eigenvalue weighted by molar-refractivity contribution is -0.121. The second-order valence-corrected chi connectivity index (χ2v) is 12.6. The minimum Gasteiger partial charge on any atom is -0.507 e. The lowest BCUT2D eigenvalue weighted by Crippen LogP contribution is -2.20. The van der Waals surface area contributed by atoms with Crippen LogP contribution in [0.4, 0.5) is 0 Å². The van der Waals surface area contributed by atoms with E-state index in [1.54, 1.807) is 13.3 Å². The Bertz CT molecular complexity index is 1280. The van der Waals surface area contributed by atoms with Crippen molar-refractivity contribution >= 4 is 28.1 Å². The third-order valence-corrected chi connectivity index (χ3v) is 6.85. The van der Waals surface area contributed by atoms with Crippen LogP contribution in [-0.2, 0) is 28.7 Å². The molecule has 0 saturated heterocycles. The summed E-state index contributed by atoms with van der Waals surface area (Å²) in [5.74, 6) is 1.36. The summed E-state index contributed by atoms with van der Waals surface area (Å²) in [6.07, 6.45) is 2.41. The maximum Gasteiger partial charge on any atom is 0.240 e. The number of hydrogen-bond acceptors (Lipinski definition) is 5. The van der Waals surface area contributed by atoms with Crippen LogP contribution in [-0.4, -0.2) is 24.3 Å². The van der Waals surface area contributed by atoms with Gasteiger partial charge in [-0.25, -0.2) is 5.43 Å². The van der Waals surface area contributed by atoms with E-state index >= 15 is 0 Å². The van der Waals surface area contributed by atoms with Crippen molar-refractivity contribution in [2.45, 2.75) is 71.8 Å². The average molecular weight is 596 g/mol. The maximum absolute atomic E-state index is 12.6. The molecule has 0 heterocycles. The fourth-order valence-corrected chi connectivity index (χ4v) is 4.37. The fourth-order valence-electron chi connectivity index (χ4n) is 4.10. The Balaban J connectivity index is 1.64. The number of rotatable bonds is 9. The molecule has 3 aromatic rings. The number of halogens is 1. The number of methoxy groups -OCH3 is 1. The number of benzene rings is 3. The number of aromatic hydroxyl groups is 1. The SMILES string of the molecule is COc1ccc(/C=N\NC(=O)CCc2cc(C(C)(C)C)c(O)c(C(C)(C)C)c2)cc1OCc1ccc(Br)cc1. The number of aryl methyl sites for hydroxylation is 1. The molecule has 0 bridgehead atoms. The molecule has 6 nitrogen and oxygen atoms in total. The van der Waals surface area contributed by atoms with Crippen LogP contribution in [0.5, 0.6) is 17.2 Å². The van der Waals surface area contributed by atoms with Crippen molar-refractivity contribution in [2.75, 3.05) is 7.11 Å². The predicted octanol–water partition coefficient (Wildman–Crippen LogP) is 7.42. The van der Waals surface area contributed by atoms with Gasteiger partial charge in [0.05, 0.1) is 13.3 Å². The quantitative estimate of drug-likeness (QED) is 0.199. The van der Waals surface area contributed by atoms with Gasteiger partial charge >= 0.3 is 0 Å². The Morgan fingerprint density at radius 2 is 1.54 bits per heavy atom. The number of phenolic OH excluding ortho intramolecular Hbond substituents is 1. The van der Waals surface area contributed by atoms with Crippen LogP contribution in [0.1, 0.15) is 75.8 Å². The highest BCUT2D eigenvalue weighted by Gasteiger charge is 2.26. The van der Waals surface area contributed by atoms with Gasteiger partial charge in [-0.15, -0.1) is 0 Å². The Hall–Kier alpha value is -3.32. The molecule has 0 spiro atoms. The van der Waals surface area contributed by atoms with Gasteiger partial charge in [0.1, 0.15) is 12.4 Å². The molecule has 0 unspecified atom stereocenters. The number of ether oxygens (including phenoxy) is 2. The monoisotopic (exact) mass is 594 g/mol. The Kier molecular flexibility index (Phi) is 9.83. The smallest absolute Gasteiger partial charge is 0.240 e. The van der Waals surface area contributed by atoms with Gasteiger partial charge in [-0.2, -0.15) is 5.10 Å². The number of nitrogens with one attached hydrogen (secondary N) is 1. The molecule has 7 heteroatoms. The number of phenols is 1. The van der Waals surface area contributed by atoms with Crippen molar-refractivity contribution in [3.8, 4) is 17.2 Å². The van der Waals surface area contributed by atoms with Gasteiger partial charge < -0.3 is 14.6 Å². The normalized spacial score (nSPS) is 12.0. The molecule has 3 aromatic carbocycles. The average Bonchev–Trinajstić information content (AvgIpc) is 2.86. The summed E-state index contributed by atoms with van der Waals surface area (Å²) >= 11 is 3.44. The van der Waals surface area contributed by atoms with E-state index in [0.717, 1.165) is 32.3 Å². The van der Waals surface area contributed by atoms with E-state index in [-0.39, 0.29) is 23.2 Å². The molecule has 3 rings (SSSR count). The zero-order valence-electron chi connectivity index (χ0n) is 23.9. The molecule has 0 saturated carbocycles. The largest absolute Gasteiger partial charge is 0.507 e. The standard InChI is InChI=1S/C32H39BrN2O4/c1-31(2,3)25-16-22(17-26(30(25)37)32(4,5)6)11-15-29(36)35-34-19-23-10-14-27(38-7)28(18-23)39-20-21-8-12-24(33)13-9-21/h8-10,12-14,16-19,37H,11,15,20H2,1-7H3,(H,35,36)/b34-19-. The van der Waals surface area contributed by atoms with Crippen molar-refractivity contribution in [2.24, 2.45) is 5.10 Å². The summed E-state index contributed by atoms with van der Waals surface area (Å²) in [5.41, 5.74) is 6.78. The first kappa shape index (κ1) is 30.2. The first-order chi connectivity index (χ1) is 18.3. The van der Waals surface area contributed by atoms with E-state index in [9.17, 15) is 9.90 Å². The molecular weight excluding hydrogens is 556 g/mol. The molecule has 0 fully saturated rings. The van der Waals surface area contributed by atoms with Gasteiger partial charge in [-0.05, 0) is 75.4 Å². The molecule has 2 N–H and O–H groups in total. The molecule has 0 aliphatic carbocycles. The van der Waals surface area contributed by atoms with E-state index in [0.29, 0.717) is 30.3 Å². The highest BCUT2D eigenvalue weighted by atomic mass is 79.9. The highest BCUT2D eigenvalue weighted by Crippen LogP contribution is 2.40. The molecule has 0 aliphatic rings. The molecule has 0 aliphatic heterocycles. The van der Waals surface area contributed by atoms with E-state index < -0.39 is 0 Å². The highest BCUT2D eigenvalue weighted by molar-refractivity contribution is 9.10. The molecule has 1 amide bonds. The summed E-state index contributed by atoms with van der Waals surface area (Å²) in [4.78, 5) is 12.6. The fraction of sp³-hybridized carbons (Fsp3) is 0.375. The predicted molar refractivity (Wildman–Crippen MR) is 161 cm³/mol. The number of hydrazone groups is 1. The summed E-state index contributed by atoms with van der Waals surface area (Å²) < 4.78 is 12.4. The summed E-state index contributed by atoms with van der Waals surface area (Å²) in [7, 11) is 1.60. The Labute approximate surface area is 240 Å². The number of carbonyl (C=O) groups is 1. The first-order valence-corrected chi connectivity index (χ1v) is 13.8. The van der Waals surface area contributed by atoms with E-state index in [1.807, 2.05) is 54.6 Å². The number of hydrogen-bond donors (Lipinski definition) is 2. The summed E-state index contributed by atoms with van der Waals surface area (Å²) in [6.45, 7) is 12.9. The van der Waals surface area contributed by atoms with Crippen molar-refractivity contribution in [3.63, 3.8) is 0 Å². The van der Waals surface area contributed by atoms with Gasteiger partial charge in [0.15, 0.2) is 11.5 Å². The Morgan fingerprint density at radius 3 is 2.10 bits per heavy atom. The van der Waals surface area contributed by atoms with Gasteiger partial charge in [-0.3, -0.25) is 4.79 Å². The van der Waals surface area contributed by atoms with Crippen LogP contribution < -0.4 is 14.9 Å². The third-order valence-electron chi connectivity index (χ3n) is 6.32. The molecular formula is C32H39BrN2O4. The maximum atomic E-state index is 12.6.